The number of amides is 2. The molecule has 0 unspecified atom stereocenters. The minimum atomic E-state index is -1.13. The molecule has 17 aromatic rings. The number of carbonyl (C=O) groups is 4. The zero-order chi connectivity index (χ0) is 103. The van der Waals surface area contributed by atoms with E-state index in [1.807, 2.05) is 257 Å². The Morgan fingerprint density at radius 1 is 0.367 bits per heavy atom. The number of carboxylic acid groups (broad SMARTS) is 1. The summed E-state index contributed by atoms with van der Waals surface area (Å²) in [5, 5.41) is 24.7. The van der Waals surface area contributed by atoms with Gasteiger partial charge in [0.15, 0.2) is 0 Å². The number of alkyl halides is 1. The molecule has 25 heteroatoms. The van der Waals surface area contributed by atoms with Gasteiger partial charge in [-0.3, -0.25) is 29.9 Å². The number of fused-ring (bicyclic) bond motifs is 6. The van der Waals surface area contributed by atoms with Crippen molar-refractivity contribution in [3.8, 4) is 95.5 Å². The van der Waals surface area contributed by atoms with Crippen LogP contribution in [0.2, 0.25) is 0 Å². The van der Waals surface area contributed by atoms with Gasteiger partial charge in [-0.2, -0.15) is 0 Å². The first-order valence-electron chi connectivity index (χ1n) is 47.1. The largest absolute Gasteiger partial charge is 0.495 e. The third-order valence-electron chi connectivity index (χ3n) is 23.7. The number of hydrogen-bond donors (Lipinski definition) is 4. The van der Waals surface area contributed by atoms with E-state index in [9.17, 15) is 24.3 Å². The second-order valence-corrected chi connectivity index (χ2v) is 38.5. The Bertz CT molecular complexity index is 6820. The zero-order valence-corrected chi connectivity index (χ0v) is 92.7. The van der Waals surface area contributed by atoms with Crippen LogP contribution in [0.3, 0.4) is 0 Å². The van der Waals surface area contributed by atoms with Gasteiger partial charge in [-0.1, -0.05) is 283 Å². The summed E-state index contributed by atoms with van der Waals surface area (Å²) in [6.07, 6.45) is 11.2. The SMILES string of the molecule is Br.Brc1ccc(I)nc1.C=C.COc1ccc(-c2ccccc2C)nc1.Cc1ccccc1-c1ccc(Br)cn1.Cc1ccccc1-c1ccc(CBr)cn1.Cc1ccccc1-c1ccc(CO)cn1.Cc1ccccc1-c1ccc(C[C@H](NC(=O)OCC2c3ccccc3-c3ccccc32)C(=O)O)cn1.Cc1ccccc1-c1ccc(C[C@H](NC(=O)OCC2c3ccccc3-c3ccccc32)C(=O)OC(C)(C)C)cn1.Cl. The van der Waals surface area contributed by atoms with Gasteiger partial charge in [-0.25, -0.2) is 24.2 Å². The van der Waals surface area contributed by atoms with Crippen LogP contribution in [0.4, 0.5) is 9.59 Å². The number of alkyl carbamates (subject to hydrolysis) is 2. The maximum absolute atomic E-state index is 13.1. The maximum atomic E-state index is 13.1. The minimum absolute atomic E-state index is 0. The van der Waals surface area contributed by atoms with Crippen LogP contribution in [0.1, 0.15) is 110 Å². The first-order chi connectivity index (χ1) is 70.2. The number of carboxylic acids is 1. The molecular formula is C122H117Br4ClIN9O10. The number of aliphatic hydroxyl groups is 1. The van der Waals surface area contributed by atoms with Crippen LogP contribution < -0.4 is 15.4 Å². The number of hydrogen-bond acceptors (Lipinski definition) is 16. The fraction of sp³-hybridized carbons (Fsp3) is 0.172. The van der Waals surface area contributed by atoms with Crippen molar-refractivity contribution in [1.29, 1.82) is 0 Å². The van der Waals surface area contributed by atoms with Gasteiger partial charge in [0, 0.05) is 110 Å². The van der Waals surface area contributed by atoms with Gasteiger partial charge >= 0.3 is 24.1 Å². The molecule has 7 heterocycles. The average Bonchev–Trinajstić information content (AvgIpc) is 1.62. The standard InChI is InChI=1S/C34H34N2O4.C30H26N2O4.C13H12BrN.2C13H13NO.C12H10BrN.C5H3BrIN.C2H4.BrH.ClH/c1-22-11-5-6-12-24(22)30-18-17-23(20-35-30)19-31(32(37)40-34(2,3)4)36-33(38)39-21-29-27-15-9-7-13-25(27)26-14-8-10-16-28(26)29;1-19-8-2-3-9-21(19)27-15-14-20(17-31-27)16-28(29(33)34)32-30(35)36-18-26-24-12-6-4-10-22(24)23-11-5-7-13-25(23)26;1-10-4-2-3-5-12(10)13-7-6-11(8-14)9-15-13;1-10-5-3-4-6-12(10)13-8-7-11(15-2)9-14-13;1-10-4-2-3-5-12(10)13-7-6-11(9-15)8-14-13;1-9-4-2-3-5-11(9)12-7-6-10(13)8-14-12;6-4-1-2-5(7)8-3-4;1-2;;/h5-18,20,29,31H,19,21H2,1-4H3,(H,36,38);2-15,17,26,28H,16,18H2,1H3,(H,32,35)(H,33,34);2-7,9H,8H2,1H3;3-9H,1-2H3;2-8,15H,9H2,1H3;2-8H,1H3;1-3H;1-2H2;2*1H/t31-;28-;;;;;;;;/m00......../s1. The second kappa shape index (κ2) is 57.9. The molecule has 0 spiro atoms. The molecular weight excluding hydrogens is 2230 g/mol. The number of halogens is 6. The molecule has 0 radical (unpaired) electrons. The fourth-order valence-electron chi connectivity index (χ4n) is 16.3. The number of carbonyl (C=O) groups excluding carboxylic acids is 3. The smallest absolute Gasteiger partial charge is 0.407 e. The lowest BCUT2D eigenvalue weighted by Gasteiger charge is -2.25. The summed E-state index contributed by atoms with van der Waals surface area (Å²) in [5.41, 5.74) is 31.5. The second-order valence-electron chi connectivity index (χ2n) is 35.0. The Labute approximate surface area is 916 Å². The van der Waals surface area contributed by atoms with Crippen LogP contribution in [-0.2, 0) is 48.6 Å². The number of nitrogens with one attached hydrogen (secondary N) is 2. The van der Waals surface area contributed by atoms with Crippen LogP contribution in [0, 0.1) is 45.2 Å². The van der Waals surface area contributed by atoms with E-state index in [2.05, 4.69) is 254 Å². The molecule has 2 amide bonds. The Balaban J connectivity index is 0.000000186. The van der Waals surface area contributed by atoms with E-state index in [1.54, 1.807) is 58.9 Å². The van der Waals surface area contributed by atoms with E-state index < -0.39 is 41.8 Å². The number of esters is 1. The third kappa shape index (κ3) is 33.3. The highest BCUT2D eigenvalue weighted by atomic mass is 127. The van der Waals surface area contributed by atoms with Crippen LogP contribution >= 0.6 is 99.8 Å². The van der Waals surface area contributed by atoms with Gasteiger partial charge < -0.3 is 39.8 Å². The number of pyridine rings is 7. The summed E-state index contributed by atoms with van der Waals surface area (Å²) in [5.74, 6) is -1.04. The number of ether oxygens (including phenoxy) is 4. The molecule has 19 rings (SSSR count). The van der Waals surface area contributed by atoms with Crippen molar-refractivity contribution in [3.05, 3.63) is 475 Å². The average molecular weight is 2350 g/mol. The highest BCUT2D eigenvalue weighted by Crippen LogP contribution is 2.46. The summed E-state index contributed by atoms with van der Waals surface area (Å²) < 4.78 is 25.0. The molecule has 2 aliphatic rings. The van der Waals surface area contributed by atoms with Crippen molar-refractivity contribution in [2.45, 2.75) is 117 Å². The molecule has 4 N–H and O–H groups in total. The summed E-state index contributed by atoms with van der Waals surface area (Å²) >= 11 is 12.2. The molecule has 2 aliphatic carbocycles. The highest BCUT2D eigenvalue weighted by Gasteiger charge is 2.34. The first kappa shape index (κ1) is 115. The van der Waals surface area contributed by atoms with E-state index in [0.29, 0.717) is 5.56 Å². The monoisotopic (exact) mass is 2350 g/mol. The highest BCUT2D eigenvalue weighted by molar-refractivity contribution is 14.1. The summed E-state index contributed by atoms with van der Waals surface area (Å²) in [6, 6.07) is 107. The Morgan fingerprint density at radius 3 is 0.898 bits per heavy atom. The Kier molecular flexibility index (Phi) is 45.3. The summed E-state index contributed by atoms with van der Waals surface area (Å²) in [4.78, 5) is 81.2. The number of nitrogens with zero attached hydrogens (tertiary/aromatic N) is 7. The normalized spacial score (nSPS) is 11.4. The summed E-state index contributed by atoms with van der Waals surface area (Å²) in [6.45, 7) is 24.1. The van der Waals surface area contributed by atoms with Crippen LogP contribution in [0.5, 0.6) is 5.75 Å². The van der Waals surface area contributed by atoms with Crippen LogP contribution in [0.25, 0.3) is 89.8 Å². The van der Waals surface area contributed by atoms with Gasteiger partial charge in [0.05, 0.1) is 54.1 Å². The molecule has 147 heavy (non-hydrogen) atoms. The van der Waals surface area contributed by atoms with Crippen molar-refractivity contribution in [2.24, 2.45) is 0 Å². The fourth-order valence-corrected chi connectivity index (χ4v) is 17.4. The van der Waals surface area contributed by atoms with E-state index in [4.69, 9.17) is 24.1 Å². The molecule has 2 atom stereocenters. The Morgan fingerprint density at radius 2 is 0.639 bits per heavy atom. The molecule has 10 aromatic carbocycles. The van der Waals surface area contributed by atoms with Crippen molar-refractivity contribution in [3.63, 3.8) is 0 Å². The van der Waals surface area contributed by atoms with Crippen molar-refractivity contribution in [1.82, 2.24) is 45.5 Å². The van der Waals surface area contributed by atoms with E-state index in [1.165, 1.54) is 44.5 Å². The number of aryl methyl sites for hydroxylation is 6. The predicted molar refractivity (Wildman–Crippen MR) is 618 cm³/mol. The molecule has 7 aromatic heterocycles. The third-order valence-corrected chi connectivity index (χ3v) is 25.9. The number of aliphatic carboxylic acids is 1. The molecule has 0 fully saturated rings. The van der Waals surface area contributed by atoms with Gasteiger partial charge in [0.25, 0.3) is 0 Å². The van der Waals surface area contributed by atoms with Crippen molar-refractivity contribution in [2.75, 3.05) is 20.3 Å². The van der Waals surface area contributed by atoms with Gasteiger partial charge in [0.1, 0.15) is 40.3 Å². The van der Waals surface area contributed by atoms with Crippen LogP contribution in [-0.4, -0.2) is 107 Å². The van der Waals surface area contributed by atoms with E-state index >= 15 is 0 Å². The van der Waals surface area contributed by atoms with E-state index in [0.717, 1.165) is 141 Å². The van der Waals surface area contributed by atoms with Crippen molar-refractivity contribution >= 4 is 124 Å². The quantitative estimate of drug-likeness (QED) is 0.0130. The number of rotatable bonds is 21. The lowest BCUT2D eigenvalue weighted by Crippen LogP contribution is -2.46. The lowest BCUT2D eigenvalue weighted by atomic mass is 9.98. The minimum Gasteiger partial charge on any atom is -0.495 e. The number of benzene rings is 10. The van der Waals surface area contributed by atoms with Crippen LogP contribution in [0.15, 0.2) is 393 Å². The Hall–Kier alpha value is -13.8. The molecule has 0 bridgehead atoms. The molecule has 19 nitrogen and oxygen atoms in total. The van der Waals surface area contributed by atoms with Crippen molar-refractivity contribution < 1.29 is 48.3 Å². The van der Waals surface area contributed by atoms with Gasteiger partial charge in [0.2, 0.25) is 0 Å². The predicted octanol–water partition coefficient (Wildman–Crippen LogP) is 30.1. The van der Waals surface area contributed by atoms with Gasteiger partial charge in [-0.15, -0.1) is 42.5 Å². The maximum Gasteiger partial charge on any atom is 0.407 e. The zero-order valence-electron chi connectivity index (χ0n) is 83.3. The molecule has 0 saturated heterocycles. The number of aromatic nitrogens is 7. The lowest BCUT2D eigenvalue weighted by molar-refractivity contribution is -0.157. The van der Waals surface area contributed by atoms with Gasteiger partial charge in [-0.05, 0) is 278 Å². The molecule has 0 aliphatic heterocycles. The number of aliphatic hydroxyl groups excluding tert-OH is 1. The topological polar surface area (TPSA) is 260 Å². The molecule has 0 saturated carbocycles. The number of methoxy groups -OCH3 is 1. The first-order valence-corrected chi connectivity index (χ1v) is 50.9. The summed E-state index contributed by atoms with van der Waals surface area (Å²) in [7, 11) is 1.64. The van der Waals surface area contributed by atoms with E-state index in [-0.39, 0.29) is 73.9 Å². The molecule has 752 valence electrons.